The molecule has 0 bridgehead atoms. The van der Waals surface area contributed by atoms with Crippen molar-refractivity contribution in [1.82, 2.24) is 10.3 Å². The van der Waals surface area contributed by atoms with Gasteiger partial charge < -0.3 is 9.15 Å². The predicted octanol–water partition coefficient (Wildman–Crippen LogP) is 4.17. The number of ether oxygens (including phenoxy) is 1. The van der Waals surface area contributed by atoms with Crippen molar-refractivity contribution in [2.24, 2.45) is 0 Å². The number of carbonyl (C=O) groups is 2. The van der Waals surface area contributed by atoms with Gasteiger partial charge in [-0.15, -0.1) is 0 Å². The van der Waals surface area contributed by atoms with Gasteiger partial charge >= 0.3 is 0 Å². The molecule has 1 unspecified atom stereocenters. The molecule has 3 aromatic rings. The number of benzene rings is 2. The SMILES string of the molecule is Cc1nc(CCOc2ccc(CC3SC(=O)NC3=O)cc2)oc1-c1ccccc1. The van der Waals surface area contributed by atoms with Gasteiger partial charge in [0.15, 0.2) is 11.7 Å². The number of carbonyl (C=O) groups excluding carboxylic acids is 2. The van der Waals surface area contributed by atoms with Crippen molar-refractivity contribution in [1.29, 1.82) is 0 Å². The average molecular weight is 408 g/mol. The quantitative estimate of drug-likeness (QED) is 0.632. The van der Waals surface area contributed by atoms with Gasteiger partial charge in [0.25, 0.3) is 5.24 Å². The first kappa shape index (κ1) is 19.3. The maximum Gasteiger partial charge on any atom is 0.286 e. The number of imide groups is 1. The van der Waals surface area contributed by atoms with Gasteiger partial charge in [0.2, 0.25) is 5.91 Å². The van der Waals surface area contributed by atoms with Crippen molar-refractivity contribution in [3.05, 3.63) is 71.7 Å². The minimum absolute atomic E-state index is 0.226. The van der Waals surface area contributed by atoms with E-state index >= 15 is 0 Å². The van der Waals surface area contributed by atoms with Crippen LogP contribution in [-0.4, -0.2) is 28.0 Å². The summed E-state index contributed by atoms with van der Waals surface area (Å²) in [7, 11) is 0. The third-order valence-electron chi connectivity index (χ3n) is 4.57. The molecule has 1 N–H and O–H groups in total. The molecule has 0 spiro atoms. The first-order chi connectivity index (χ1) is 14.1. The Morgan fingerprint density at radius 1 is 1.10 bits per heavy atom. The molecule has 1 saturated heterocycles. The Morgan fingerprint density at radius 3 is 2.55 bits per heavy atom. The van der Waals surface area contributed by atoms with Crippen LogP contribution in [0.15, 0.2) is 59.0 Å². The number of thioether (sulfide) groups is 1. The molecule has 1 aliphatic heterocycles. The topological polar surface area (TPSA) is 81.4 Å². The van der Waals surface area contributed by atoms with Gasteiger partial charge in [-0.1, -0.05) is 54.2 Å². The van der Waals surface area contributed by atoms with E-state index in [-0.39, 0.29) is 16.4 Å². The Bertz CT molecular complexity index is 1020. The van der Waals surface area contributed by atoms with E-state index in [1.54, 1.807) is 0 Å². The van der Waals surface area contributed by atoms with E-state index in [1.807, 2.05) is 61.5 Å². The summed E-state index contributed by atoms with van der Waals surface area (Å²) >= 11 is 1.04. The summed E-state index contributed by atoms with van der Waals surface area (Å²) in [6, 6.07) is 17.5. The van der Waals surface area contributed by atoms with E-state index in [9.17, 15) is 9.59 Å². The summed E-state index contributed by atoms with van der Waals surface area (Å²) in [6.07, 6.45) is 1.08. The highest BCUT2D eigenvalue weighted by atomic mass is 32.2. The number of oxazole rings is 1. The number of rotatable bonds is 7. The van der Waals surface area contributed by atoms with Gasteiger partial charge in [0.1, 0.15) is 5.75 Å². The molecule has 1 atom stereocenters. The maximum absolute atomic E-state index is 11.7. The van der Waals surface area contributed by atoms with Crippen LogP contribution in [0.2, 0.25) is 0 Å². The third kappa shape index (κ3) is 4.68. The zero-order chi connectivity index (χ0) is 20.2. The third-order valence-corrected chi connectivity index (χ3v) is 5.55. The number of nitrogens with one attached hydrogen (secondary N) is 1. The Hall–Kier alpha value is -3.06. The molecule has 2 heterocycles. The Balaban J connectivity index is 1.30. The molecule has 0 saturated carbocycles. The highest BCUT2D eigenvalue weighted by Gasteiger charge is 2.31. The number of hydrogen-bond donors (Lipinski definition) is 1. The largest absolute Gasteiger partial charge is 0.493 e. The average Bonchev–Trinajstić information content (AvgIpc) is 3.25. The van der Waals surface area contributed by atoms with Gasteiger partial charge in [0, 0.05) is 5.56 Å². The minimum Gasteiger partial charge on any atom is -0.493 e. The van der Waals surface area contributed by atoms with Gasteiger partial charge in [-0.3, -0.25) is 14.9 Å². The van der Waals surface area contributed by atoms with Crippen LogP contribution >= 0.6 is 11.8 Å². The fourth-order valence-electron chi connectivity index (χ4n) is 3.14. The van der Waals surface area contributed by atoms with Crippen LogP contribution in [-0.2, 0) is 17.6 Å². The van der Waals surface area contributed by atoms with E-state index in [1.165, 1.54) is 0 Å². The van der Waals surface area contributed by atoms with E-state index in [0.717, 1.165) is 40.1 Å². The lowest BCUT2D eigenvalue weighted by Crippen LogP contribution is -2.25. The van der Waals surface area contributed by atoms with Crippen LogP contribution in [0.3, 0.4) is 0 Å². The second-order valence-electron chi connectivity index (χ2n) is 6.72. The second-order valence-corrected chi connectivity index (χ2v) is 7.89. The first-order valence-electron chi connectivity index (χ1n) is 9.33. The van der Waals surface area contributed by atoms with Crippen molar-refractivity contribution < 1.29 is 18.7 Å². The van der Waals surface area contributed by atoms with Crippen LogP contribution in [0, 0.1) is 6.92 Å². The van der Waals surface area contributed by atoms with Gasteiger partial charge in [-0.05, 0) is 31.0 Å². The molecule has 148 valence electrons. The molecule has 1 fully saturated rings. The summed E-state index contributed by atoms with van der Waals surface area (Å²) in [5.41, 5.74) is 2.86. The fourth-order valence-corrected chi connectivity index (χ4v) is 4.00. The van der Waals surface area contributed by atoms with Crippen LogP contribution in [0.4, 0.5) is 4.79 Å². The Morgan fingerprint density at radius 2 is 1.86 bits per heavy atom. The van der Waals surface area contributed by atoms with Gasteiger partial charge in [-0.2, -0.15) is 0 Å². The molecular weight excluding hydrogens is 388 g/mol. The normalized spacial score (nSPS) is 16.1. The van der Waals surface area contributed by atoms with Crippen LogP contribution in [0.25, 0.3) is 11.3 Å². The lowest BCUT2D eigenvalue weighted by atomic mass is 10.1. The highest BCUT2D eigenvalue weighted by Crippen LogP contribution is 2.25. The van der Waals surface area contributed by atoms with E-state index < -0.39 is 0 Å². The minimum atomic E-state index is -0.360. The predicted molar refractivity (Wildman–Crippen MR) is 111 cm³/mol. The van der Waals surface area contributed by atoms with Crippen LogP contribution < -0.4 is 10.1 Å². The van der Waals surface area contributed by atoms with Crippen LogP contribution in [0.5, 0.6) is 5.75 Å². The molecule has 6 nitrogen and oxygen atoms in total. The summed E-state index contributed by atoms with van der Waals surface area (Å²) < 4.78 is 11.7. The van der Waals surface area contributed by atoms with Crippen molar-refractivity contribution in [3.8, 4) is 17.1 Å². The zero-order valence-corrected chi connectivity index (χ0v) is 16.7. The second kappa shape index (κ2) is 8.53. The molecule has 7 heteroatoms. The van der Waals surface area contributed by atoms with Gasteiger partial charge in [0.05, 0.1) is 24.0 Å². The summed E-state index contributed by atoms with van der Waals surface area (Å²) in [5, 5.41) is 1.66. The lowest BCUT2D eigenvalue weighted by molar-refractivity contribution is -0.118. The standard InChI is InChI=1S/C22H20N2O4S/c1-14-20(16-5-3-2-4-6-16)28-19(23-14)11-12-27-17-9-7-15(8-10-17)13-18-21(25)24-22(26)29-18/h2-10,18H,11-13H2,1H3,(H,24,25,26). The molecule has 2 aromatic carbocycles. The smallest absolute Gasteiger partial charge is 0.286 e. The number of nitrogens with zero attached hydrogens (tertiary/aromatic N) is 1. The summed E-state index contributed by atoms with van der Waals surface area (Å²) in [6.45, 7) is 2.38. The highest BCUT2D eigenvalue weighted by molar-refractivity contribution is 8.15. The van der Waals surface area contributed by atoms with E-state index in [0.29, 0.717) is 25.3 Å². The van der Waals surface area contributed by atoms with Crippen molar-refractivity contribution in [2.45, 2.75) is 25.0 Å². The lowest BCUT2D eigenvalue weighted by Gasteiger charge is -2.08. The monoisotopic (exact) mass is 408 g/mol. The Labute approximate surface area is 172 Å². The number of aryl methyl sites for hydroxylation is 1. The fraction of sp³-hybridized carbons (Fsp3) is 0.227. The first-order valence-corrected chi connectivity index (χ1v) is 10.2. The molecule has 1 aliphatic rings. The summed E-state index contributed by atoms with van der Waals surface area (Å²) in [4.78, 5) is 27.4. The number of amides is 2. The maximum atomic E-state index is 11.7. The molecule has 1 aromatic heterocycles. The molecule has 2 amide bonds. The number of hydrogen-bond acceptors (Lipinski definition) is 6. The summed E-state index contributed by atoms with van der Waals surface area (Å²) in [5.74, 6) is 1.94. The van der Waals surface area contributed by atoms with Crippen molar-refractivity contribution in [3.63, 3.8) is 0 Å². The molecule has 4 rings (SSSR count). The van der Waals surface area contributed by atoms with Gasteiger partial charge in [-0.25, -0.2) is 4.98 Å². The van der Waals surface area contributed by atoms with E-state index in [4.69, 9.17) is 9.15 Å². The van der Waals surface area contributed by atoms with Crippen molar-refractivity contribution in [2.75, 3.05) is 6.61 Å². The molecule has 29 heavy (non-hydrogen) atoms. The molecule has 0 radical (unpaired) electrons. The molecule has 0 aliphatic carbocycles. The Kier molecular flexibility index (Phi) is 5.67. The van der Waals surface area contributed by atoms with Crippen LogP contribution in [0.1, 0.15) is 17.1 Å². The number of aromatic nitrogens is 1. The molecular formula is C22H20N2O4S. The van der Waals surface area contributed by atoms with E-state index in [2.05, 4.69) is 10.3 Å². The zero-order valence-electron chi connectivity index (χ0n) is 15.9. The van der Waals surface area contributed by atoms with Crippen molar-refractivity contribution >= 4 is 22.9 Å².